The van der Waals surface area contributed by atoms with Gasteiger partial charge >= 0.3 is 5.97 Å². The predicted octanol–water partition coefficient (Wildman–Crippen LogP) is -0.987. The van der Waals surface area contributed by atoms with E-state index in [9.17, 15) is 9.59 Å². The number of carbonyl (C=O) groups is 2. The number of esters is 1. The molecule has 0 aromatic rings. The van der Waals surface area contributed by atoms with Gasteiger partial charge in [0.15, 0.2) is 0 Å². The minimum atomic E-state index is -0.808. The lowest BCUT2D eigenvalue weighted by atomic mass is 10.2. The third kappa shape index (κ3) is 3.92. The highest BCUT2D eigenvalue weighted by Crippen LogP contribution is 1.90. The van der Waals surface area contributed by atoms with Gasteiger partial charge in [-0.05, 0) is 6.92 Å². The van der Waals surface area contributed by atoms with Gasteiger partial charge in [0.2, 0.25) is 5.91 Å². The van der Waals surface area contributed by atoms with Gasteiger partial charge in [0.1, 0.15) is 0 Å². The van der Waals surface area contributed by atoms with E-state index in [0.717, 1.165) is 0 Å². The number of rotatable bonds is 4. The Morgan fingerprint density at radius 3 is 2.58 bits per heavy atom. The molecule has 0 saturated carbocycles. The molecule has 0 radical (unpaired) electrons. The van der Waals surface area contributed by atoms with Crippen LogP contribution < -0.4 is 11.1 Å². The molecule has 1 unspecified atom stereocenters. The van der Waals surface area contributed by atoms with Gasteiger partial charge < -0.3 is 15.8 Å². The van der Waals surface area contributed by atoms with Crippen LogP contribution in [0.15, 0.2) is 0 Å². The van der Waals surface area contributed by atoms with Crippen molar-refractivity contribution in [2.45, 2.75) is 19.4 Å². The van der Waals surface area contributed by atoms with Gasteiger partial charge in [-0.1, -0.05) is 0 Å². The number of nitrogens with one attached hydrogen (secondary N) is 1. The highest BCUT2D eigenvalue weighted by atomic mass is 16.5. The number of amides is 1. The molecule has 70 valence electrons. The van der Waals surface area contributed by atoms with Crippen LogP contribution in [-0.4, -0.2) is 31.6 Å². The van der Waals surface area contributed by atoms with Crippen LogP contribution in [0.5, 0.6) is 0 Å². The van der Waals surface area contributed by atoms with Crippen molar-refractivity contribution in [1.82, 2.24) is 5.32 Å². The Morgan fingerprint density at radius 2 is 2.17 bits per heavy atom. The van der Waals surface area contributed by atoms with Crippen LogP contribution in [0.4, 0.5) is 0 Å². The molecular formula is C7H14N2O3. The van der Waals surface area contributed by atoms with E-state index in [1.807, 2.05) is 0 Å². The average Bonchev–Trinajstić information content (AvgIpc) is 2.04. The average molecular weight is 174 g/mol. The zero-order chi connectivity index (χ0) is 9.56. The topological polar surface area (TPSA) is 81.4 Å². The van der Waals surface area contributed by atoms with Crippen molar-refractivity contribution >= 4 is 11.9 Å². The number of hydrogen-bond acceptors (Lipinski definition) is 4. The monoisotopic (exact) mass is 174 g/mol. The summed E-state index contributed by atoms with van der Waals surface area (Å²) < 4.78 is 4.35. The van der Waals surface area contributed by atoms with Gasteiger partial charge in [-0.2, -0.15) is 0 Å². The molecule has 1 amide bonds. The quantitative estimate of drug-likeness (QED) is 0.536. The maximum absolute atomic E-state index is 11.0. The lowest BCUT2D eigenvalue weighted by Crippen LogP contribution is -2.41. The van der Waals surface area contributed by atoms with Crippen molar-refractivity contribution in [3.05, 3.63) is 0 Å². The summed E-state index contributed by atoms with van der Waals surface area (Å²) in [6.45, 7) is 2.29. The number of methoxy groups -OCH3 is 1. The summed E-state index contributed by atoms with van der Waals surface area (Å²) in [4.78, 5) is 21.6. The molecular weight excluding hydrogens is 160 g/mol. The van der Waals surface area contributed by atoms with Crippen LogP contribution in [0.25, 0.3) is 0 Å². The Labute approximate surface area is 71.3 Å². The van der Waals surface area contributed by atoms with Crippen LogP contribution in [0.3, 0.4) is 0 Å². The van der Waals surface area contributed by atoms with E-state index >= 15 is 0 Å². The first kappa shape index (κ1) is 10.9. The standard InChI is InChI=1S/C7H14N2O3/c1-3-9-7(11)5(8)4-6(10)12-2/h5H,3-4,8H2,1-2H3,(H,9,11). The van der Waals surface area contributed by atoms with Crippen molar-refractivity contribution in [2.24, 2.45) is 5.73 Å². The summed E-state index contributed by atoms with van der Waals surface area (Å²) in [5.74, 6) is -0.809. The summed E-state index contributed by atoms with van der Waals surface area (Å²) in [6, 6.07) is -0.808. The summed E-state index contributed by atoms with van der Waals surface area (Å²) in [5.41, 5.74) is 5.37. The van der Waals surface area contributed by atoms with Crippen LogP contribution in [-0.2, 0) is 14.3 Å². The molecule has 0 aromatic carbocycles. The van der Waals surface area contributed by atoms with Crippen molar-refractivity contribution in [1.29, 1.82) is 0 Å². The largest absolute Gasteiger partial charge is 0.469 e. The lowest BCUT2D eigenvalue weighted by Gasteiger charge is -2.08. The van der Waals surface area contributed by atoms with Crippen LogP contribution in [0.2, 0.25) is 0 Å². The zero-order valence-corrected chi connectivity index (χ0v) is 7.29. The highest BCUT2D eigenvalue weighted by Gasteiger charge is 2.16. The van der Waals surface area contributed by atoms with Crippen LogP contribution in [0.1, 0.15) is 13.3 Å². The Bertz CT molecular complexity index is 170. The van der Waals surface area contributed by atoms with Gasteiger partial charge in [0.25, 0.3) is 0 Å². The Kier molecular flexibility index (Phi) is 5.03. The number of likely N-dealkylation sites (N-methyl/N-ethyl adjacent to an activating group) is 1. The second-order valence-corrected chi connectivity index (χ2v) is 2.28. The number of ether oxygens (including phenoxy) is 1. The van der Waals surface area contributed by atoms with E-state index in [0.29, 0.717) is 6.54 Å². The zero-order valence-electron chi connectivity index (χ0n) is 7.29. The fourth-order valence-corrected chi connectivity index (χ4v) is 0.661. The molecule has 0 spiro atoms. The minimum Gasteiger partial charge on any atom is -0.469 e. The lowest BCUT2D eigenvalue weighted by molar-refractivity contribution is -0.142. The van der Waals surface area contributed by atoms with Gasteiger partial charge in [-0.25, -0.2) is 0 Å². The summed E-state index contributed by atoms with van der Waals surface area (Å²) in [7, 11) is 1.26. The third-order valence-electron chi connectivity index (χ3n) is 1.30. The molecule has 3 N–H and O–H groups in total. The maximum atomic E-state index is 11.0. The second-order valence-electron chi connectivity index (χ2n) is 2.28. The Balaban J connectivity index is 3.78. The van der Waals surface area contributed by atoms with E-state index in [1.165, 1.54) is 7.11 Å². The second kappa shape index (κ2) is 5.54. The van der Waals surface area contributed by atoms with Crippen molar-refractivity contribution in [3.8, 4) is 0 Å². The molecule has 0 aromatic heterocycles. The third-order valence-corrected chi connectivity index (χ3v) is 1.30. The van der Waals surface area contributed by atoms with E-state index in [1.54, 1.807) is 6.92 Å². The molecule has 0 fully saturated rings. The van der Waals surface area contributed by atoms with Gasteiger partial charge in [-0.3, -0.25) is 9.59 Å². The van der Waals surface area contributed by atoms with E-state index < -0.39 is 12.0 Å². The number of hydrogen-bond donors (Lipinski definition) is 2. The Hall–Kier alpha value is -1.10. The molecule has 0 aliphatic rings. The smallest absolute Gasteiger partial charge is 0.307 e. The molecule has 0 aliphatic heterocycles. The van der Waals surface area contributed by atoms with E-state index in [-0.39, 0.29) is 12.3 Å². The summed E-state index contributed by atoms with van der Waals surface area (Å²) in [6.07, 6.45) is -0.0810. The highest BCUT2D eigenvalue weighted by molar-refractivity contribution is 5.86. The molecule has 0 bridgehead atoms. The van der Waals surface area contributed by atoms with Crippen LogP contribution in [0, 0.1) is 0 Å². The molecule has 5 nitrogen and oxygen atoms in total. The summed E-state index contributed by atoms with van der Waals surface area (Å²) in [5, 5.41) is 2.50. The molecule has 1 atom stereocenters. The molecule has 0 saturated heterocycles. The van der Waals surface area contributed by atoms with Gasteiger partial charge in [0, 0.05) is 6.54 Å². The minimum absolute atomic E-state index is 0.0810. The first-order valence-electron chi connectivity index (χ1n) is 3.72. The van der Waals surface area contributed by atoms with Crippen molar-refractivity contribution in [2.75, 3.05) is 13.7 Å². The first-order chi connectivity index (χ1) is 5.61. The van der Waals surface area contributed by atoms with Crippen molar-refractivity contribution in [3.63, 3.8) is 0 Å². The Morgan fingerprint density at radius 1 is 1.58 bits per heavy atom. The number of carbonyl (C=O) groups excluding carboxylic acids is 2. The van der Waals surface area contributed by atoms with E-state index in [4.69, 9.17) is 5.73 Å². The molecule has 0 heterocycles. The fraction of sp³-hybridized carbons (Fsp3) is 0.714. The van der Waals surface area contributed by atoms with Crippen LogP contribution >= 0.6 is 0 Å². The fourth-order valence-electron chi connectivity index (χ4n) is 0.661. The molecule has 5 heteroatoms. The number of nitrogens with two attached hydrogens (primary N) is 1. The first-order valence-corrected chi connectivity index (χ1v) is 3.72. The molecule has 12 heavy (non-hydrogen) atoms. The molecule has 0 rings (SSSR count). The van der Waals surface area contributed by atoms with E-state index in [2.05, 4.69) is 10.1 Å². The normalized spacial score (nSPS) is 11.9. The predicted molar refractivity (Wildman–Crippen MR) is 43.3 cm³/mol. The van der Waals surface area contributed by atoms with Gasteiger partial charge in [0.05, 0.1) is 19.6 Å². The van der Waals surface area contributed by atoms with Gasteiger partial charge in [-0.15, -0.1) is 0 Å². The maximum Gasteiger partial charge on any atom is 0.307 e. The molecule has 0 aliphatic carbocycles. The van der Waals surface area contributed by atoms with Crippen molar-refractivity contribution < 1.29 is 14.3 Å². The summed E-state index contributed by atoms with van der Waals surface area (Å²) >= 11 is 0. The SMILES string of the molecule is CCNC(=O)C(N)CC(=O)OC.